The van der Waals surface area contributed by atoms with Gasteiger partial charge in [0.15, 0.2) is 0 Å². The van der Waals surface area contributed by atoms with Gasteiger partial charge in [0.1, 0.15) is 6.54 Å². The zero-order valence-electron chi connectivity index (χ0n) is 15.0. The lowest BCUT2D eigenvalue weighted by atomic mass is 10.1. The second kappa shape index (κ2) is 7.70. The highest BCUT2D eigenvalue weighted by atomic mass is 35.5. The smallest absolute Gasteiger partial charge is 0.254 e. The van der Waals surface area contributed by atoms with Crippen molar-refractivity contribution >= 4 is 17.5 Å². The molecule has 6 heteroatoms. The van der Waals surface area contributed by atoms with Crippen LogP contribution in [-0.2, 0) is 6.54 Å². The lowest BCUT2D eigenvalue weighted by Gasteiger charge is -2.19. The summed E-state index contributed by atoms with van der Waals surface area (Å²) in [6.07, 6.45) is 0. The zero-order valence-corrected chi connectivity index (χ0v) is 15.7. The summed E-state index contributed by atoms with van der Waals surface area (Å²) in [5.41, 5.74) is 3.49. The van der Waals surface area contributed by atoms with Crippen LogP contribution in [0.15, 0.2) is 47.0 Å². The molecule has 0 N–H and O–H groups in total. The first-order valence-corrected chi connectivity index (χ1v) is 8.80. The van der Waals surface area contributed by atoms with Crippen molar-refractivity contribution in [1.29, 1.82) is 0 Å². The molecule has 0 atom stereocenters. The van der Waals surface area contributed by atoms with Gasteiger partial charge >= 0.3 is 0 Å². The molecular weight excluding hydrogens is 350 g/mol. The summed E-state index contributed by atoms with van der Waals surface area (Å²) in [4.78, 5) is 18.8. The third kappa shape index (κ3) is 3.94. The van der Waals surface area contributed by atoms with Gasteiger partial charge < -0.3 is 9.42 Å². The van der Waals surface area contributed by atoms with Gasteiger partial charge in [-0.1, -0.05) is 46.6 Å². The van der Waals surface area contributed by atoms with Crippen molar-refractivity contribution in [2.24, 2.45) is 0 Å². The van der Waals surface area contributed by atoms with Gasteiger partial charge in [-0.25, -0.2) is 0 Å². The number of carbonyl (C=O) groups is 1. The fraction of sp³-hybridized carbons (Fsp3) is 0.250. The summed E-state index contributed by atoms with van der Waals surface area (Å²) >= 11 is 6.14. The first-order chi connectivity index (χ1) is 12.5. The lowest BCUT2D eigenvalue weighted by molar-refractivity contribution is 0.0734. The third-order valence-corrected chi connectivity index (χ3v) is 4.57. The van der Waals surface area contributed by atoms with E-state index in [-0.39, 0.29) is 12.5 Å². The van der Waals surface area contributed by atoms with Crippen molar-refractivity contribution in [2.75, 3.05) is 6.54 Å². The predicted molar refractivity (Wildman–Crippen MR) is 101 cm³/mol. The zero-order chi connectivity index (χ0) is 18.7. The van der Waals surface area contributed by atoms with Crippen LogP contribution in [0.25, 0.3) is 11.4 Å². The molecule has 0 aliphatic carbocycles. The van der Waals surface area contributed by atoms with Crippen LogP contribution in [0, 0.1) is 13.8 Å². The second-order valence-electron chi connectivity index (χ2n) is 6.16. The maximum absolute atomic E-state index is 12.7. The van der Waals surface area contributed by atoms with E-state index in [2.05, 4.69) is 10.1 Å². The highest BCUT2D eigenvalue weighted by Gasteiger charge is 2.19. The predicted octanol–water partition coefficient (Wildman–Crippen LogP) is 4.67. The first kappa shape index (κ1) is 18.1. The Hall–Kier alpha value is -2.66. The molecule has 5 nitrogen and oxygen atoms in total. The average molecular weight is 370 g/mol. The van der Waals surface area contributed by atoms with E-state index < -0.39 is 0 Å². The van der Waals surface area contributed by atoms with Crippen LogP contribution < -0.4 is 0 Å². The van der Waals surface area contributed by atoms with Crippen molar-refractivity contribution in [3.05, 3.63) is 70.1 Å². The minimum Gasteiger partial charge on any atom is -0.337 e. The van der Waals surface area contributed by atoms with Crippen LogP contribution in [0.1, 0.15) is 34.3 Å². The summed E-state index contributed by atoms with van der Waals surface area (Å²) in [6.45, 7) is 6.59. The van der Waals surface area contributed by atoms with Gasteiger partial charge in [-0.2, -0.15) is 4.98 Å². The summed E-state index contributed by atoms with van der Waals surface area (Å²) < 4.78 is 5.34. The van der Waals surface area contributed by atoms with Crippen LogP contribution in [0.2, 0.25) is 5.02 Å². The van der Waals surface area contributed by atoms with Crippen molar-refractivity contribution in [3.8, 4) is 11.4 Å². The third-order valence-electron chi connectivity index (χ3n) is 4.16. The number of amides is 1. The molecule has 3 rings (SSSR count). The molecule has 1 amide bonds. The Kier molecular flexibility index (Phi) is 5.38. The van der Waals surface area contributed by atoms with E-state index in [1.54, 1.807) is 17.0 Å². The standard InChI is InChI=1S/C20H20ClN3O2/c1-4-24(20(25)16-9-8-14(3)17(21)11-16)12-18-22-19(23-26-18)15-7-5-6-13(2)10-15/h5-11H,4,12H2,1-3H3. The molecule has 0 fully saturated rings. The number of hydrogen-bond acceptors (Lipinski definition) is 4. The monoisotopic (exact) mass is 369 g/mol. The topological polar surface area (TPSA) is 59.2 Å². The molecule has 0 unspecified atom stereocenters. The van der Waals surface area contributed by atoms with Gasteiger partial charge in [0.25, 0.3) is 5.91 Å². The number of aryl methyl sites for hydroxylation is 2. The molecule has 0 bridgehead atoms. The summed E-state index contributed by atoms with van der Waals surface area (Å²) in [5, 5.41) is 4.60. The number of aromatic nitrogens is 2. The molecule has 1 heterocycles. The summed E-state index contributed by atoms with van der Waals surface area (Å²) in [5.74, 6) is 0.796. The van der Waals surface area contributed by atoms with E-state index in [0.717, 1.165) is 16.7 Å². The van der Waals surface area contributed by atoms with Crippen LogP contribution in [0.3, 0.4) is 0 Å². The van der Waals surface area contributed by atoms with Crippen LogP contribution in [-0.4, -0.2) is 27.5 Å². The molecule has 0 saturated carbocycles. The molecule has 1 aromatic heterocycles. The molecular formula is C20H20ClN3O2. The Morgan fingerprint density at radius 1 is 1.19 bits per heavy atom. The Bertz CT molecular complexity index is 936. The number of hydrogen-bond donors (Lipinski definition) is 0. The number of benzene rings is 2. The number of carbonyl (C=O) groups excluding carboxylic acids is 1. The van der Waals surface area contributed by atoms with Gasteiger partial charge in [-0.3, -0.25) is 4.79 Å². The number of nitrogens with zero attached hydrogens (tertiary/aromatic N) is 3. The average Bonchev–Trinajstić information content (AvgIpc) is 3.10. The fourth-order valence-electron chi connectivity index (χ4n) is 2.62. The fourth-order valence-corrected chi connectivity index (χ4v) is 2.80. The highest BCUT2D eigenvalue weighted by molar-refractivity contribution is 6.31. The first-order valence-electron chi connectivity index (χ1n) is 8.43. The minimum atomic E-state index is -0.121. The highest BCUT2D eigenvalue weighted by Crippen LogP contribution is 2.20. The lowest BCUT2D eigenvalue weighted by Crippen LogP contribution is -2.30. The van der Waals surface area contributed by atoms with E-state index >= 15 is 0 Å². The molecule has 134 valence electrons. The van der Waals surface area contributed by atoms with Crippen molar-refractivity contribution < 1.29 is 9.32 Å². The normalized spacial score (nSPS) is 10.8. The van der Waals surface area contributed by atoms with E-state index in [9.17, 15) is 4.79 Å². The number of rotatable bonds is 5. The molecule has 0 aliphatic rings. The second-order valence-corrected chi connectivity index (χ2v) is 6.57. The van der Waals surface area contributed by atoms with E-state index in [1.165, 1.54) is 0 Å². The number of halogens is 1. The Labute approximate surface area is 157 Å². The molecule has 26 heavy (non-hydrogen) atoms. The summed E-state index contributed by atoms with van der Waals surface area (Å²) in [6, 6.07) is 13.2. The molecule has 0 aliphatic heterocycles. The van der Waals surface area contributed by atoms with E-state index in [4.69, 9.17) is 16.1 Å². The van der Waals surface area contributed by atoms with Crippen molar-refractivity contribution in [1.82, 2.24) is 15.0 Å². The van der Waals surface area contributed by atoms with Gasteiger partial charge in [0.05, 0.1) is 0 Å². The Morgan fingerprint density at radius 3 is 2.69 bits per heavy atom. The molecule has 0 spiro atoms. The quantitative estimate of drug-likeness (QED) is 0.655. The Morgan fingerprint density at radius 2 is 2.00 bits per heavy atom. The molecule has 3 aromatic rings. The Balaban J connectivity index is 1.78. The SMILES string of the molecule is CCN(Cc1nc(-c2cccc(C)c2)no1)C(=O)c1ccc(C)c(Cl)c1. The summed E-state index contributed by atoms with van der Waals surface area (Å²) in [7, 11) is 0. The van der Waals surface area contributed by atoms with Gasteiger partial charge in [0.2, 0.25) is 11.7 Å². The van der Waals surface area contributed by atoms with E-state index in [1.807, 2.05) is 51.1 Å². The molecule has 2 aromatic carbocycles. The van der Waals surface area contributed by atoms with Crippen molar-refractivity contribution in [2.45, 2.75) is 27.3 Å². The largest absolute Gasteiger partial charge is 0.337 e. The van der Waals surface area contributed by atoms with Crippen LogP contribution >= 0.6 is 11.6 Å². The van der Waals surface area contributed by atoms with Gasteiger partial charge in [-0.15, -0.1) is 0 Å². The minimum absolute atomic E-state index is 0.121. The van der Waals surface area contributed by atoms with Gasteiger partial charge in [0, 0.05) is 22.7 Å². The molecule has 0 radical (unpaired) electrons. The van der Waals surface area contributed by atoms with Crippen molar-refractivity contribution in [3.63, 3.8) is 0 Å². The van der Waals surface area contributed by atoms with Crippen LogP contribution in [0.4, 0.5) is 0 Å². The maximum atomic E-state index is 12.7. The maximum Gasteiger partial charge on any atom is 0.254 e. The van der Waals surface area contributed by atoms with Gasteiger partial charge in [-0.05, 0) is 44.5 Å². The van der Waals surface area contributed by atoms with E-state index in [0.29, 0.717) is 28.8 Å². The molecule has 0 saturated heterocycles. The van der Waals surface area contributed by atoms with Crippen LogP contribution in [0.5, 0.6) is 0 Å².